The van der Waals surface area contributed by atoms with Crippen molar-refractivity contribution in [1.82, 2.24) is 18.3 Å². The van der Waals surface area contributed by atoms with E-state index in [9.17, 15) is 27.4 Å². The van der Waals surface area contributed by atoms with Crippen molar-refractivity contribution in [2.45, 2.75) is 26.2 Å². The molecule has 0 saturated heterocycles. The molecule has 23 rings (SSSR count). The van der Waals surface area contributed by atoms with Gasteiger partial charge in [0.25, 0.3) is 6.71 Å². The van der Waals surface area contributed by atoms with Gasteiger partial charge in [0.05, 0.1) is 99.4 Å². The molecule has 17 aromatic carbocycles. The number of nitrogens with zero attached hydrogens (tertiary/aromatic N) is 6. The van der Waals surface area contributed by atoms with Gasteiger partial charge in [-0.25, -0.2) is 0 Å². The third kappa shape index (κ3) is 9.94. The van der Waals surface area contributed by atoms with E-state index in [2.05, 4.69) is 21.9 Å². The van der Waals surface area contributed by atoms with Crippen molar-refractivity contribution in [3.8, 4) is 67.3 Å². The van der Waals surface area contributed by atoms with Crippen LogP contribution in [0.1, 0.15) is 70.2 Å². The molecule has 2 aliphatic rings. The van der Waals surface area contributed by atoms with Gasteiger partial charge in [-0.2, -0.15) is 0 Å². The van der Waals surface area contributed by atoms with Crippen LogP contribution >= 0.6 is 0 Å². The zero-order valence-corrected chi connectivity index (χ0v) is 60.2. The Labute approximate surface area is 700 Å². The number of rotatable bonds is 10. The molecule has 0 atom stereocenters. The molecule has 0 aliphatic carbocycles. The number of anilines is 6. The normalized spacial score (nSPS) is 16.6. The van der Waals surface area contributed by atoms with E-state index in [1.165, 1.54) is 18.3 Å². The quantitative estimate of drug-likeness (QED) is 0.128. The molecule has 0 radical (unpaired) electrons. The molecule has 0 amide bonds. The highest BCUT2D eigenvalue weighted by atomic mass is 15.2. The molecule has 0 unspecified atom stereocenters. The van der Waals surface area contributed by atoms with E-state index in [1.807, 2.05) is 130 Å². The lowest BCUT2D eigenvalue weighted by Gasteiger charge is -2.46. The summed E-state index contributed by atoms with van der Waals surface area (Å²) in [5.41, 5.74) is 8.47. The summed E-state index contributed by atoms with van der Waals surface area (Å²) in [6.07, 6.45) is 0. The Morgan fingerprint density at radius 2 is 0.513 bits per heavy atom. The third-order valence-corrected chi connectivity index (χ3v) is 22.1. The van der Waals surface area contributed by atoms with Gasteiger partial charge in [0.2, 0.25) is 0 Å². The van der Waals surface area contributed by atoms with Gasteiger partial charge >= 0.3 is 0 Å². The van der Waals surface area contributed by atoms with Crippen molar-refractivity contribution in [3.63, 3.8) is 0 Å². The molecule has 0 fully saturated rings. The van der Waals surface area contributed by atoms with Crippen molar-refractivity contribution in [2.24, 2.45) is 0 Å². The first kappa shape index (κ1) is 40.3. The topological polar surface area (TPSA) is 26.2 Å². The molecule has 0 bridgehead atoms. The van der Waals surface area contributed by atoms with E-state index in [1.54, 1.807) is 72.8 Å². The average molecular weight is 1470 g/mol. The second-order valence-corrected chi connectivity index (χ2v) is 29.2. The first-order chi connectivity index (χ1) is 69.0. The Balaban J connectivity index is 0.861. The SMILES string of the molecule is [2H]c1c([2H])c([2H])c2c(c1[2H])c1c([2H])c([2H])c([2H])c([2H])c1n2-c1ccc(-c2cc(-c3ccccc3)ccc2N2c3cc(-n4c5c([2H])c([2H])c([2H])c([2H])c5c5c([2H])c([2H])c([2H])c([2H])c54)ccc3B3c4ccc(-n5c6c([2H])c([2H])c([2H])c([2H])c6c6c([2H])c([2H])c([2H])c([2H])c65)cc4N(c4ccc(-c5ccccc5)cc4-c4ccc(-n5c6c([2H])c([2H])c([2H])c([2H])c6c6c([2H])c([2H])c([2H])c([2H])c65)cc4)c4cc(C(C)(C)C)cc2c43)cc1. The predicted molar refractivity (Wildman–Crippen MR) is 478 cm³/mol. The number of hydrogen-bond acceptors (Lipinski definition) is 2. The molecule has 0 N–H and O–H groups in total. The van der Waals surface area contributed by atoms with Crippen LogP contribution in [0.25, 0.3) is 154 Å². The van der Waals surface area contributed by atoms with Crippen molar-refractivity contribution in [2.75, 3.05) is 9.80 Å². The third-order valence-electron chi connectivity index (χ3n) is 22.1. The summed E-state index contributed by atoms with van der Waals surface area (Å²) in [5.74, 6) is 0. The Bertz CT molecular complexity index is 8690. The van der Waals surface area contributed by atoms with Crippen LogP contribution in [0.3, 0.4) is 0 Å². The highest BCUT2D eigenvalue weighted by Gasteiger charge is 2.46. The smallest absolute Gasteiger partial charge is 0.252 e. The standard InChI is InChI=1S/C106H73BN6/c1-106(2,3)74-64-103-105-104(65-74)113(100-61-51-73(69-28-8-5-9-29-69)63-88(100)71-48-54-76(55-49-71)109-93-40-20-12-32-81(93)82-33-13-21-41-94(82)109)102-67-78(111-97-44-24-16-36-85(97)86-37-17-25-45-98(86)111)57-59-90(102)107(105)89-58-56-77(110-95-42-22-14-34-83(95)84-35-15-23-43-96(84)110)66-101(89)112(103)99-60-50-72(68-26-6-4-7-27-68)62-87(99)70-46-52-75(53-47-70)108-91-38-18-10-30-79(91)80-31-11-19-39-92(80)108/h4-67H,1-3H3/i10D,11D,12D,13D,14D,15D,16D,17D,18D,19D,20D,21D,22D,23D,24D,25D,30D,31D,32D,33D,34D,35D,36D,37D,38D,39D,40D,41D,42D,43D,44D,45D. The molecule has 113 heavy (non-hydrogen) atoms. The van der Waals surface area contributed by atoms with Crippen LogP contribution < -0.4 is 26.2 Å². The minimum atomic E-state index is -0.999. The van der Waals surface area contributed by atoms with Crippen LogP contribution in [0, 0.1) is 0 Å². The van der Waals surface area contributed by atoms with Crippen molar-refractivity contribution >= 4 is 144 Å². The number of hydrogen-bond donors (Lipinski definition) is 0. The monoisotopic (exact) mass is 1470 g/mol. The number of aromatic nitrogens is 4. The van der Waals surface area contributed by atoms with Crippen molar-refractivity contribution in [3.05, 3.63) is 393 Å². The molecule has 21 aromatic rings. The first-order valence-electron chi connectivity index (χ1n) is 52.7. The van der Waals surface area contributed by atoms with Gasteiger partial charge in [-0.1, -0.05) is 275 Å². The largest absolute Gasteiger partial charge is 0.311 e. The minimum Gasteiger partial charge on any atom is -0.311 e. The van der Waals surface area contributed by atoms with Crippen LogP contribution in [0.5, 0.6) is 0 Å². The molecule has 6 heterocycles. The summed E-state index contributed by atoms with van der Waals surface area (Å²) < 4.78 is 305. The summed E-state index contributed by atoms with van der Waals surface area (Å²) >= 11 is 0. The van der Waals surface area contributed by atoms with E-state index in [0.717, 1.165) is 11.1 Å². The summed E-state index contributed by atoms with van der Waals surface area (Å²) in [6.45, 7) is 5.08. The van der Waals surface area contributed by atoms with E-state index in [4.69, 9.17) is 16.4 Å². The van der Waals surface area contributed by atoms with Gasteiger partial charge in [-0.3, -0.25) is 0 Å². The highest BCUT2D eigenvalue weighted by Crippen LogP contribution is 2.53. The highest BCUT2D eigenvalue weighted by molar-refractivity contribution is 7.00. The Morgan fingerprint density at radius 3 is 0.814 bits per heavy atom. The second kappa shape index (κ2) is 25.1. The fraction of sp³-hybridized carbons (Fsp3) is 0.0377. The number of benzene rings is 17. The molecule has 4 aromatic heterocycles. The van der Waals surface area contributed by atoms with Crippen molar-refractivity contribution < 1.29 is 43.9 Å². The molecular weight excluding hydrogens is 1370 g/mol. The molecular formula is C106H73BN6. The van der Waals surface area contributed by atoms with Crippen LogP contribution in [0.4, 0.5) is 34.1 Å². The lowest BCUT2D eigenvalue weighted by molar-refractivity contribution is 0.590. The zero-order chi connectivity index (χ0) is 103. The maximum Gasteiger partial charge on any atom is 0.252 e. The van der Waals surface area contributed by atoms with E-state index in [0.29, 0.717) is 89.5 Å². The molecule has 0 spiro atoms. The van der Waals surface area contributed by atoms with E-state index >= 15 is 0 Å². The maximum absolute atomic E-state index is 9.91. The Morgan fingerprint density at radius 1 is 0.239 bits per heavy atom. The fourth-order valence-electron chi connectivity index (χ4n) is 17.0. The van der Waals surface area contributed by atoms with Crippen LogP contribution in [-0.2, 0) is 5.41 Å². The molecule has 530 valence electrons. The summed E-state index contributed by atoms with van der Waals surface area (Å²) in [4.78, 5) is 4.12. The van der Waals surface area contributed by atoms with Gasteiger partial charge in [0.1, 0.15) is 0 Å². The van der Waals surface area contributed by atoms with Gasteiger partial charge in [0.15, 0.2) is 0 Å². The van der Waals surface area contributed by atoms with E-state index < -0.39 is 205 Å². The summed E-state index contributed by atoms with van der Waals surface area (Å²) in [6, 6.07) is 40.3. The lowest BCUT2D eigenvalue weighted by Crippen LogP contribution is -2.61. The maximum atomic E-state index is 9.91. The van der Waals surface area contributed by atoms with E-state index in [-0.39, 0.29) is 110 Å². The first-order valence-corrected chi connectivity index (χ1v) is 36.7. The molecule has 7 heteroatoms. The average Bonchev–Trinajstić information content (AvgIpc) is 1.24. The second-order valence-electron chi connectivity index (χ2n) is 29.2. The zero-order valence-electron chi connectivity index (χ0n) is 92.2. The Kier molecular flexibility index (Phi) is 8.95. The molecule has 6 nitrogen and oxygen atoms in total. The van der Waals surface area contributed by atoms with Crippen molar-refractivity contribution in [1.29, 1.82) is 0 Å². The van der Waals surface area contributed by atoms with Crippen LogP contribution in [0.15, 0.2) is 387 Å². The molecule has 0 saturated carbocycles. The van der Waals surface area contributed by atoms with Gasteiger partial charge in [-0.05, 0) is 194 Å². The minimum absolute atomic E-state index is 0.121. The van der Waals surface area contributed by atoms with Gasteiger partial charge in [0, 0.05) is 99.7 Å². The fourth-order valence-corrected chi connectivity index (χ4v) is 17.0. The summed E-state index contributed by atoms with van der Waals surface area (Å²) in [7, 11) is 0. The van der Waals surface area contributed by atoms with Crippen LogP contribution in [-0.4, -0.2) is 25.0 Å². The number of fused-ring (bicyclic) bond motifs is 16. The van der Waals surface area contributed by atoms with Gasteiger partial charge < -0.3 is 28.1 Å². The lowest BCUT2D eigenvalue weighted by atomic mass is 9.33. The summed E-state index contributed by atoms with van der Waals surface area (Å²) in [5, 5.41) is -1.35. The number of para-hydroxylation sites is 8. The van der Waals surface area contributed by atoms with Crippen LogP contribution in [0.2, 0.25) is 0 Å². The molecule has 2 aliphatic heterocycles. The predicted octanol–water partition coefficient (Wildman–Crippen LogP) is 26.1. The Hall–Kier alpha value is -14.4. The van der Waals surface area contributed by atoms with Gasteiger partial charge in [-0.15, -0.1) is 0 Å².